The number of furan rings is 1. The van der Waals surface area contributed by atoms with E-state index in [0.717, 1.165) is 16.7 Å². The average Bonchev–Trinajstić information content (AvgIpc) is 3.17. The van der Waals surface area contributed by atoms with E-state index < -0.39 is 0 Å². The number of halogens is 2. The van der Waals surface area contributed by atoms with E-state index in [1.165, 1.54) is 6.21 Å². The zero-order chi connectivity index (χ0) is 21.7. The molecular formula is C23H22Cl2N2O3. The molecule has 7 heteroatoms. The predicted octanol–water partition coefficient (Wildman–Crippen LogP) is 6.21. The summed E-state index contributed by atoms with van der Waals surface area (Å²) in [6.07, 6.45) is 1.42. The fourth-order valence-corrected chi connectivity index (χ4v) is 3.11. The summed E-state index contributed by atoms with van der Waals surface area (Å²) in [5.74, 6) is 1.74. The van der Waals surface area contributed by atoms with E-state index in [1.807, 2.05) is 31.2 Å². The van der Waals surface area contributed by atoms with Crippen LogP contribution in [-0.4, -0.2) is 18.7 Å². The lowest BCUT2D eigenvalue weighted by Gasteiger charge is -2.14. The Kier molecular flexibility index (Phi) is 7.19. The summed E-state index contributed by atoms with van der Waals surface area (Å²) in [6.45, 7) is 6.01. The number of aryl methyl sites for hydroxylation is 1. The van der Waals surface area contributed by atoms with Crippen LogP contribution in [0.5, 0.6) is 5.75 Å². The first-order valence-corrected chi connectivity index (χ1v) is 10.2. The van der Waals surface area contributed by atoms with Crippen LogP contribution in [0.25, 0.3) is 11.3 Å². The minimum Gasteiger partial charge on any atom is -0.483 e. The lowest BCUT2D eigenvalue weighted by atomic mass is 10.0. The quantitative estimate of drug-likeness (QED) is 0.347. The molecule has 30 heavy (non-hydrogen) atoms. The van der Waals surface area contributed by atoms with Crippen molar-refractivity contribution in [2.75, 3.05) is 6.61 Å². The molecule has 1 heterocycles. The van der Waals surface area contributed by atoms with Crippen molar-refractivity contribution < 1.29 is 13.9 Å². The second-order valence-electron chi connectivity index (χ2n) is 7.11. The summed E-state index contributed by atoms with van der Waals surface area (Å²) in [4.78, 5) is 12.1. The third kappa shape index (κ3) is 5.65. The number of hydrogen-bond acceptors (Lipinski definition) is 4. The highest BCUT2D eigenvalue weighted by atomic mass is 35.5. The van der Waals surface area contributed by atoms with Crippen LogP contribution in [0, 0.1) is 6.92 Å². The van der Waals surface area contributed by atoms with Gasteiger partial charge in [0.2, 0.25) is 0 Å². The molecule has 1 N–H and O–H groups in total. The molecule has 1 aromatic heterocycles. The number of carbonyl (C=O) groups excluding carboxylic acids is 1. The molecule has 0 spiro atoms. The highest BCUT2D eigenvalue weighted by Gasteiger charge is 2.10. The minimum atomic E-state index is -0.362. The zero-order valence-electron chi connectivity index (χ0n) is 16.9. The van der Waals surface area contributed by atoms with E-state index in [9.17, 15) is 4.79 Å². The van der Waals surface area contributed by atoms with Gasteiger partial charge in [0.25, 0.3) is 5.91 Å². The molecule has 0 atom stereocenters. The number of nitrogens with one attached hydrogen (secondary N) is 1. The molecule has 156 valence electrons. The SMILES string of the molecule is Cc1ccc(C(C)C)c(OCC(=O)NN=Cc2ccc(-c3ccc(Cl)c(Cl)c3)o2)c1. The summed E-state index contributed by atoms with van der Waals surface area (Å²) in [5, 5.41) is 4.85. The summed E-state index contributed by atoms with van der Waals surface area (Å²) in [7, 11) is 0. The maximum atomic E-state index is 12.1. The van der Waals surface area contributed by atoms with Crippen molar-refractivity contribution >= 4 is 35.3 Å². The van der Waals surface area contributed by atoms with Gasteiger partial charge in [-0.3, -0.25) is 4.79 Å². The molecule has 5 nitrogen and oxygen atoms in total. The van der Waals surface area contributed by atoms with Gasteiger partial charge in [0.05, 0.1) is 16.3 Å². The number of ether oxygens (including phenoxy) is 1. The fourth-order valence-electron chi connectivity index (χ4n) is 2.81. The number of hydrazone groups is 1. The van der Waals surface area contributed by atoms with Gasteiger partial charge in [-0.05, 0) is 60.4 Å². The number of carbonyl (C=O) groups is 1. The summed E-state index contributed by atoms with van der Waals surface area (Å²) >= 11 is 12.0. The highest BCUT2D eigenvalue weighted by Crippen LogP contribution is 2.29. The first-order valence-electron chi connectivity index (χ1n) is 9.44. The van der Waals surface area contributed by atoms with Crippen LogP contribution in [0.15, 0.2) is 58.0 Å². The van der Waals surface area contributed by atoms with E-state index in [0.29, 0.717) is 33.2 Å². The number of benzene rings is 2. The Labute approximate surface area is 185 Å². The Morgan fingerprint density at radius 2 is 1.93 bits per heavy atom. The van der Waals surface area contributed by atoms with Gasteiger partial charge in [0.15, 0.2) is 6.61 Å². The molecule has 0 bridgehead atoms. The minimum absolute atomic E-state index is 0.132. The predicted molar refractivity (Wildman–Crippen MR) is 121 cm³/mol. The summed E-state index contributed by atoms with van der Waals surface area (Å²) in [5.41, 5.74) is 5.36. The molecular weight excluding hydrogens is 423 g/mol. The number of rotatable bonds is 7. The van der Waals surface area contributed by atoms with Gasteiger partial charge in [-0.25, -0.2) is 5.43 Å². The van der Waals surface area contributed by atoms with Crippen molar-refractivity contribution in [3.63, 3.8) is 0 Å². The largest absolute Gasteiger partial charge is 0.483 e. The van der Waals surface area contributed by atoms with Crippen LogP contribution in [0.3, 0.4) is 0 Å². The van der Waals surface area contributed by atoms with E-state index in [1.54, 1.807) is 24.3 Å². The molecule has 0 saturated heterocycles. The molecule has 0 aliphatic rings. The Morgan fingerprint density at radius 3 is 2.67 bits per heavy atom. The van der Waals surface area contributed by atoms with Crippen LogP contribution in [0.2, 0.25) is 10.0 Å². The lowest BCUT2D eigenvalue weighted by Crippen LogP contribution is -2.24. The zero-order valence-corrected chi connectivity index (χ0v) is 18.4. The molecule has 0 aliphatic heterocycles. The third-order valence-electron chi connectivity index (χ3n) is 4.36. The van der Waals surface area contributed by atoms with Crippen molar-refractivity contribution in [1.29, 1.82) is 0 Å². The van der Waals surface area contributed by atoms with Crippen LogP contribution in [-0.2, 0) is 4.79 Å². The smallest absolute Gasteiger partial charge is 0.277 e. The van der Waals surface area contributed by atoms with Gasteiger partial charge in [0, 0.05) is 5.56 Å². The Bertz CT molecular complexity index is 1070. The van der Waals surface area contributed by atoms with Crippen molar-refractivity contribution in [2.45, 2.75) is 26.7 Å². The van der Waals surface area contributed by atoms with E-state index in [2.05, 4.69) is 24.4 Å². The lowest BCUT2D eigenvalue weighted by molar-refractivity contribution is -0.123. The van der Waals surface area contributed by atoms with Crippen LogP contribution in [0.1, 0.15) is 36.7 Å². The molecule has 2 aromatic carbocycles. The second kappa shape index (κ2) is 9.83. The first-order chi connectivity index (χ1) is 14.3. The molecule has 3 aromatic rings. The Balaban J connectivity index is 1.56. The van der Waals surface area contributed by atoms with Crippen molar-refractivity contribution in [1.82, 2.24) is 5.43 Å². The number of nitrogens with zero attached hydrogens (tertiary/aromatic N) is 1. The fraction of sp³-hybridized carbons (Fsp3) is 0.217. The van der Waals surface area contributed by atoms with Crippen LogP contribution >= 0.6 is 23.2 Å². The van der Waals surface area contributed by atoms with Gasteiger partial charge < -0.3 is 9.15 Å². The summed E-state index contributed by atoms with van der Waals surface area (Å²) in [6, 6.07) is 14.7. The van der Waals surface area contributed by atoms with E-state index >= 15 is 0 Å². The maximum Gasteiger partial charge on any atom is 0.277 e. The molecule has 0 radical (unpaired) electrons. The average molecular weight is 445 g/mol. The highest BCUT2D eigenvalue weighted by molar-refractivity contribution is 6.42. The Morgan fingerprint density at radius 1 is 1.13 bits per heavy atom. The standard InChI is InChI=1S/C23H22Cl2N2O3/c1-14(2)18-7-4-15(3)10-22(18)29-13-23(28)27-26-12-17-6-9-21(30-17)16-5-8-19(24)20(25)11-16/h4-12,14H,13H2,1-3H3,(H,27,28). The number of hydrogen-bond donors (Lipinski definition) is 1. The van der Waals surface area contributed by atoms with Crippen LogP contribution in [0.4, 0.5) is 0 Å². The molecule has 0 saturated carbocycles. The van der Waals surface area contributed by atoms with Crippen molar-refractivity contribution in [3.05, 3.63) is 75.5 Å². The van der Waals surface area contributed by atoms with Gasteiger partial charge in [-0.2, -0.15) is 5.10 Å². The first kappa shape index (κ1) is 21.9. The normalized spacial score (nSPS) is 11.3. The van der Waals surface area contributed by atoms with Gasteiger partial charge >= 0.3 is 0 Å². The second-order valence-corrected chi connectivity index (χ2v) is 7.92. The topological polar surface area (TPSA) is 63.8 Å². The molecule has 0 fully saturated rings. The summed E-state index contributed by atoms with van der Waals surface area (Å²) < 4.78 is 11.4. The van der Waals surface area contributed by atoms with Crippen molar-refractivity contribution in [3.8, 4) is 17.1 Å². The molecule has 0 aliphatic carbocycles. The van der Waals surface area contributed by atoms with Gasteiger partial charge in [-0.1, -0.05) is 49.2 Å². The molecule has 0 unspecified atom stereocenters. The monoisotopic (exact) mass is 444 g/mol. The Hall–Kier alpha value is -2.76. The van der Waals surface area contributed by atoms with Crippen molar-refractivity contribution in [2.24, 2.45) is 5.10 Å². The van der Waals surface area contributed by atoms with Crippen LogP contribution < -0.4 is 10.2 Å². The van der Waals surface area contributed by atoms with E-state index in [4.69, 9.17) is 32.4 Å². The molecule has 3 rings (SSSR count). The molecule has 1 amide bonds. The number of amides is 1. The van der Waals surface area contributed by atoms with Gasteiger partial charge in [-0.15, -0.1) is 0 Å². The maximum absolute atomic E-state index is 12.1. The van der Waals surface area contributed by atoms with Gasteiger partial charge in [0.1, 0.15) is 17.3 Å². The third-order valence-corrected chi connectivity index (χ3v) is 5.10. The van der Waals surface area contributed by atoms with E-state index in [-0.39, 0.29) is 12.5 Å².